The van der Waals surface area contributed by atoms with Gasteiger partial charge in [0.2, 0.25) is 0 Å². The third kappa shape index (κ3) is 4.69. The summed E-state index contributed by atoms with van der Waals surface area (Å²) >= 11 is 1.41. The summed E-state index contributed by atoms with van der Waals surface area (Å²) in [7, 11) is 1.64. The maximum absolute atomic E-state index is 12.3. The van der Waals surface area contributed by atoms with Crippen LogP contribution in [0.15, 0.2) is 30.5 Å². The summed E-state index contributed by atoms with van der Waals surface area (Å²) in [5.74, 6) is 1.30. The first kappa shape index (κ1) is 18.7. The lowest BCUT2D eigenvalue weighted by Gasteiger charge is -2.22. The van der Waals surface area contributed by atoms with Crippen LogP contribution in [-0.2, 0) is 0 Å². The number of methoxy groups -OCH3 is 1. The number of amides is 1. The van der Waals surface area contributed by atoms with Crippen LogP contribution >= 0.6 is 23.7 Å². The number of hydrogen-bond donors (Lipinski definition) is 2. The molecule has 1 saturated heterocycles. The molecule has 1 aliphatic heterocycles. The molecule has 0 radical (unpaired) electrons. The average molecular weight is 368 g/mol. The molecule has 0 spiro atoms. The molecule has 1 atom stereocenters. The molecule has 7 heteroatoms. The number of carbonyl (C=O) groups is 1. The van der Waals surface area contributed by atoms with E-state index in [0.717, 1.165) is 36.0 Å². The predicted molar refractivity (Wildman–Crippen MR) is 99.3 cm³/mol. The van der Waals surface area contributed by atoms with Gasteiger partial charge in [0, 0.05) is 12.1 Å². The third-order valence-electron chi connectivity index (χ3n) is 4.02. The van der Waals surface area contributed by atoms with Crippen LogP contribution in [0.5, 0.6) is 5.75 Å². The molecule has 1 amide bonds. The Morgan fingerprint density at radius 1 is 1.42 bits per heavy atom. The average Bonchev–Trinajstić information content (AvgIpc) is 3.11. The van der Waals surface area contributed by atoms with Gasteiger partial charge < -0.3 is 15.4 Å². The van der Waals surface area contributed by atoms with Gasteiger partial charge in [-0.05, 0) is 56.1 Å². The van der Waals surface area contributed by atoms with Gasteiger partial charge in [0.25, 0.3) is 5.91 Å². The van der Waals surface area contributed by atoms with E-state index in [-0.39, 0.29) is 18.3 Å². The number of hydrogen-bond acceptors (Lipinski definition) is 5. The van der Waals surface area contributed by atoms with Crippen molar-refractivity contribution < 1.29 is 9.53 Å². The highest BCUT2D eigenvalue weighted by Crippen LogP contribution is 2.26. The summed E-state index contributed by atoms with van der Waals surface area (Å²) in [6.45, 7) is 2.80. The maximum atomic E-state index is 12.3. The van der Waals surface area contributed by atoms with Gasteiger partial charge in [0.05, 0.1) is 13.3 Å². The highest BCUT2D eigenvalue weighted by molar-refractivity contribution is 7.16. The highest BCUT2D eigenvalue weighted by Gasteiger charge is 2.16. The van der Waals surface area contributed by atoms with E-state index in [2.05, 4.69) is 15.6 Å². The van der Waals surface area contributed by atoms with Crippen molar-refractivity contribution in [2.75, 3.05) is 26.7 Å². The molecule has 0 aliphatic carbocycles. The van der Waals surface area contributed by atoms with Gasteiger partial charge in [-0.2, -0.15) is 0 Å². The smallest absolute Gasteiger partial charge is 0.263 e. The molecule has 1 aromatic heterocycles. The second kappa shape index (κ2) is 9.01. The van der Waals surface area contributed by atoms with Gasteiger partial charge in [0.15, 0.2) is 0 Å². The van der Waals surface area contributed by atoms with E-state index in [1.165, 1.54) is 24.2 Å². The van der Waals surface area contributed by atoms with Gasteiger partial charge in [-0.15, -0.1) is 23.7 Å². The summed E-state index contributed by atoms with van der Waals surface area (Å²) < 4.78 is 5.15. The molecular formula is C17H22ClN3O2S. The van der Waals surface area contributed by atoms with E-state index < -0.39 is 0 Å². The Hall–Kier alpha value is -1.63. The number of rotatable bonds is 5. The zero-order chi connectivity index (χ0) is 16.1. The Kier molecular flexibility index (Phi) is 7.02. The van der Waals surface area contributed by atoms with Crippen LogP contribution in [-0.4, -0.2) is 37.6 Å². The quantitative estimate of drug-likeness (QED) is 0.852. The molecule has 24 heavy (non-hydrogen) atoms. The van der Waals surface area contributed by atoms with Crippen molar-refractivity contribution in [3.8, 4) is 16.3 Å². The third-order valence-corrected chi connectivity index (χ3v) is 5.06. The zero-order valence-corrected chi connectivity index (χ0v) is 15.2. The van der Waals surface area contributed by atoms with Crippen molar-refractivity contribution in [2.24, 2.45) is 5.92 Å². The summed E-state index contributed by atoms with van der Waals surface area (Å²) in [5.41, 5.74) is 0.992. The molecule has 130 valence electrons. The molecule has 2 aromatic rings. The number of nitrogens with one attached hydrogen (secondary N) is 2. The minimum absolute atomic E-state index is 0. The molecule has 0 saturated carbocycles. The molecular weight excluding hydrogens is 346 g/mol. The predicted octanol–water partition coefficient (Wildman–Crippen LogP) is 2.97. The molecule has 1 aliphatic rings. The normalized spacial score (nSPS) is 17.0. The lowest BCUT2D eigenvalue weighted by molar-refractivity contribution is 0.0948. The number of nitrogens with zero attached hydrogens (tertiary/aromatic N) is 1. The minimum atomic E-state index is -0.0344. The summed E-state index contributed by atoms with van der Waals surface area (Å²) in [6, 6.07) is 7.69. The van der Waals surface area contributed by atoms with Crippen LogP contribution in [0.3, 0.4) is 0 Å². The van der Waals surface area contributed by atoms with Gasteiger partial charge in [-0.25, -0.2) is 4.98 Å². The summed E-state index contributed by atoms with van der Waals surface area (Å²) in [4.78, 5) is 17.3. The number of piperidine rings is 1. The first-order chi connectivity index (χ1) is 11.3. The van der Waals surface area contributed by atoms with Crippen molar-refractivity contribution in [1.29, 1.82) is 0 Å². The van der Waals surface area contributed by atoms with E-state index >= 15 is 0 Å². The van der Waals surface area contributed by atoms with Crippen molar-refractivity contribution >= 4 is 29.7 Å². The molecule has 3 rings (SSSR count). The Morgan fingerprint density at radius 3 is 2.88 bits per heavy atom. The second-order valence-electron chi connectivity index (χ2n) is 5.68. The molecule has 0 bridgehead atoms. The largest absolute Gasteiger partial charge is 0.497 e. The van der Waals surface area contributed by atoms with Gasteiger partial charge in [-0.1, -0.05) is 0 Å². The van der Waals surface area contributed by atoms with Crippen molar-refractivity contribution in [2.45, 2.75) is 12.8 Å². The van der Waals surface area contributed by atoms with Crippen molar-refractivity contribution in [1.82, 2.24) is 15.6 Å². The first-order valence-corrected chi connectivity index (χ1v) is 8.67. The molecule has 1 unspecified atom stereocenters. The van der Waals surface area contributed by atoms with E-state index in [1.807, 2.05) is 24.3 Å². The van der Waals surface area contributed by atoms with Crippen LogP contribution in [0.4, 0.5) is 0 Å². The monoisotopic (exact) mass is 367 g/mol. The molecule has 2 heterocycles. The molecule has 5 nitrogen and oxygen atoms in total. The lowest BCUT2D eigenvalue weighted by Crippen LogP contribution is -2.37. The topological polar surface area (TPSA) is 63.2 Å². The maximum Gasteiger partial charge on any atom is 0.263 e. The van der Waals surface area contributed by atoms with Gasteiger partial charge in [-0.3, -0.25) is 4.79 Å². The Labute approximate surface area is 152 Å². The van der Waals surface area contributed by atoms with E-state index in [0.29, 0.717) is 10.8 Å². The van der Waals surface area contributed by atoms with Gasteiger partial charge >= 0.3 is 0 Å². The van der Waals surface area contributed by atoms with Crippen LogP contribution in [0.25, 0.3) is 10.6 Å². The fourth-order valence-electron chi connectivity index (χ4n) is 2.67. The highest BCUT2D eigenvalue weighted by atomic mass is 35.5. The number of carbonyl (C=O) groups excluding carboxylic acids is 1. The number of thiazole rings is 1. The molecule has 1 aromatic carbocycles. The van der Waals surface area contributed by atoms with Crippen molar-refractivity contribution in [3.63, 3.8) is 0 Å². The molecule has 1 fully saturated rings. The summed E-state index contributed by atoms with van der Waals surface area (Å²) in [6.07, 6.45) is 4.01. The number of benzene rings is 1. The van der Waals surface area contributed by atoms with Gasteiger partial charge in [0.1, 0.15) is 15.6 Å². The zero-order valence-electron chi connectivity index (χ0n) is 13.6. The van der Waals surface area contributed by atoms with Crippen LogP contribution < -0.4 is 15.4 Å². The number of ether oxygens (including phenoxy) is 1. The van der Waals surface area contributed by atoms with E-state index in [9.17, 15) is 4.79 Å². The molecule has 2 N–H and O–H groups in total. The SMILES string of the molecule is COc1ccc(-c2ncc(C(=O)NCC3CCCNC3)s2)cc1.Cl. The fourth-order valence-corrected chi connectivity index (χ4v) is 3.51. The fraction of sp³-hybridized carbons (Fsp3) is 0.412. The minimum Gasteiger partial charge on any atom is -0.497 e. The van der Waals surface area contributed by atoms with Crippen molar-refractivity contribution in [3.05, 3.63) is 35.3 Å². The number of aromatic nitrogens is 1. The Balaban J connectivity index is 0.00000208. The standard InChI is InChI=1S/C17H21N3O2S.ClH/c1-22-14-6-4-13(5-7-14)17-20-11-15(23-17)16(21)19-10-12-3-2-8-18-9-12;/h4-7,11-12,18H,2-3,8-10H2,1H3,(H,19,21);1H. The Morgan fingerprint density at radius 2 is 2.21 bits per heavy atom. The first-order valence-electron chi connectivity index (χ1n) is 7.85. The number of halogens is 1. The Bertz CT molecular complexity index is 654. The second-order valence-corrected chi connectivity index (χ2v) is 6.71. The van der Waals surface area contributed by atoms with Crippen LogP contribution in [0.2, 0.25) is 0 Å². The van der Waals surface area contributed by atoms with Crippen LogP contribution in [0.1, 0.15) is 22.5 Å². The van der Waals surface area contributed by atoms with E-state index in [4.69, 9.17) is 4.74 Å². The van der Waals surface area contributed by atoms with E-state index in [1.54, 1.807) is 13.3 Å². The summed E-state index contributed by atoms with van der Waals surface area (Å²) in [5, 5.41) is 7.23. The lowest BCUT2D eigenvalue weighted by atomic mass is 10.00. The van der Waals surface area contributed by atoms with Crippen LogP contribution in [0, 0.1) is 5.92 Å².